The number of aromatic nitrogens is 1. The van der Waals surface area contributed by atoms with Crippen molar-refractivity contribution in [2.45, 2.75) is 4.90 Å². The molecule has 1 fully saturated rings. The van der Waals surface area contributed by atoms with E-state index in [0.29, 0.717) is 28.4 Å². The Hall–Kier alpha value is -2.91. The van der Waals surface area contributed by atoms with Crippen molar-refractivity contribution < 1.29 is 22.4 Å². The monoisotopic (exact) mass is 402 g/mol. The number of thioether (sulfide) groups is 1. The third-order valence-electron chi connectivity index (χ3n) is 4.15. The zero-order valence-corrected chi connectivity index (χ0v) is 15.3. The number of carbonyl (C=O) groups is 2. The van der Waals surface area contributed by atoms with Gasteiger partial charge in [-0.15, -0.1) is 0 Å². The third-order valence-corrected chi connectivity index (χ3v) is 6.64. The first-order valence-electron chi connectivity index (χ1n) is 7.67. The second kappa shape index (κ2) is 6.07. The lowest BCUT2D eigenvalue weighted by atomic mass is 10.2. The number of benzene rings is 2. The molecule has 3 aromatic rings. The van der Waals surface area contributed by atoms with E-state index in [1.807, 2.05) is 0 Å². The van der Waals surface area contributed by atoms with Gasteiger partial charge in [-0.25, -0.2) is 16.8 Å². The lowest BCUT2D eigenvalue weighted by molar-refractivity contribution is -0.107. The second-order valence-corrected chi connectivity index (χ2v) is 8.46. The van der Waals surface area contributed by atoms with Gasteiger partial charge in [0.05, 0.1) is 21.8 Å². The molecule has 0 unspecified atom stereocenters. The molecule has 0 bridgehead atoms. The Morgan fingerprint density at radius 3 is 2.33 bits per heavy atom. The highest BCUT2D eigenvalue weighted by molar-refractivity contribution is 8.27. The minimum absolute atomic E-state index is 0.0200. The van der Waals surface area contributed by atoms with Gasteiger partial charge in [0.25, 0.3) is 15.3 Å². The summed E-state index contributed by atoms with van der Waals surface area (Å²) in [4.78, 5) is 25.0. The van der Waals surface area contributed by atoms with E-state index < -0.39 is 26.2 Å². The maximum atomic E-state index is 13.1. The summed E-state index contributed by atoms with van der Waals surface area (Å²) in [5.41, 5.74) is 0.710. The summed E-state index contributed by atoms with van der Waals surface area (Å²) in [6.07, 6.45) is 1.35. The number of amides is 1. The Bertz CT molecular complexity index is 1230. The topological polar surface area (TPSA) is 76.5 Å². The molecule has 1 saturated heterocycles. The number of hydrogen-bond donors (Lipinski definition) is 0. The first-order valence-corrected chi connectivity index (χ1v) is 9.93. The number of carbonyl (C=O) groups excluding carboxylic acids is 2. The zero-order chi connectivity index (χ0) is 19.3. The first-order chi connectivity index (χ1) is 12.8. The third kappa shape index (κ3) is 2.66. The SMILES string of the molecule is C=C1C(=O)SC(=O)N1c1cccc2c1ccn2S(=O)(=O)c1ccc(F)cc1. The number of anilines is 1. The minimum Gasteiger partial charge on any atom is -0.279 e. The van der Waals surface area contributed by atoms with Crippen molar-refractivity contribution in [3.05, 3.63) is 72.8 Å². The van der Waals surface area contributed by atoms with Gasteiger partial charge in [0, 0.05) is 23.3 Å². The predicted molar refractivity (Wildman–Crippen MR) is 101 cm³/mol. The fourth-order valence-corrected chi connectivity index (χ4v) is 4.89. The summed E-state index contributed by atoms with van der Waals surface area (Å²) >= 11 is 0.539. The van der Waals surface area contributed by atoms with E-state index in [0.717, 1.165) is 16.1 Å². The van der Waals surface area contributed by atoms with Gasteiger partial charge in [0.1, 0.15) is 5.82 Å². The average Bonchev–Trinajstić information content (AvgIpc) is 3.17. The molecule has 0 atom stereocenters. The highest BCUT2D eigenvalue weighted by Crippen LogP contribution is 2.38. The van der Waals surface area contributed by atoms with Crippen LogP contribution in [-0.2, 0) is 14.8 Å². The number of fused-ring (bicyclic) bond motifs is 1. The molecule has 0 N–H and O–H groups in total. The second-order valence-electron chi connectivity index (χ2n) is 5.72. The van der Waals surface area contributed by atoms with E-state index in [4.69, 9.17) is 0 Å². The molecular formula is C18H11FN2O4S2. The standard InChI is InChI=1S/C18H11FN2O4S2/c1-11-17(22)26-18(23)21(11)16-4-2-3-15-14(16)9-10-20(15)27(24,25)13-7-5-12(19)6-8-13/h2-10H,1H2. The van der Waals surface area contributed by atoms with Crippen LogP contribution < -0.4 is 4.90 Å². The number of hydrogen-bond acceptors (Lipinski definition) is 5. The van der Waals surface area contributed by atoms with Crippen LogP contribution in [0.1, 0.15) is 0 Å². The van der Waals surface area contributed by atoms with Gasteiger partial charge in [0.15, 0.2) is 0 Å². The molecule has 2 aromatic carbocycles. The molecule has 9 heteroatoms. The van der Waals surface area contributed by atoms with Crippen molar-refractivity contribution in [1.82, 2.24) is 3.97 Å². The van der Waals surface area contributed by atoms with Crippen molar-refractivity contribution in [2.24, 2.45) is 0 Å². The first kappa shape index (κ1) is 17.5. The molecule has 2 heterocycles. The molecule has 136 valence electrons. The summed E-state index contributed by atoms with van der Waals surface area (Å²) < 4.78 is 40.0. The molecule has 0 saturated carbocycles. The molecule has 1 aliphatic heterocycles. The molecule has 1 aromatic heterocycles. The Labute approximate surface area is 157 Å². The summed E-state index contributed by atoms with van der Waals surface area (Å²) in [5.74, 6) is -0.540. The van der Waals surface area contributed by atoms with Crippen molar-refractivity contribution in [2.75, 3.05) is 4.90 Å². The molecule has 0 aliphatic carbocycles. The Kier molecular flexibility index (Phi) is 3.93. The van der Waals surface area contributed by atoms with E-state index in [2.05, 4.69) is 6.58 Å². The van der Waals surface area contributed by atoms with Crippen molar-refractivity contribution in [3.8, 4) is 0 Å². The van der Waals surface area contributed by atoms with Gasteiger partial charge >= 0.3 is 0 Å². The summed E-state index contributed by atoms with van der Waals surface area (Å²) in [6, 6.07) is 10.8. The van der Waals surface area contributed by atoms with Gasteiger partial charge < -0.3 is 0 Å². The quantitative estimate of drug-likeness (QED) is 0.624. The van der Waals surface area contributed by atoms with Crippen LogP contribution >= 0.6 is 11.8 Å². The highest BCUT2D eigenvalue weighted by atomic mass is 32.2. The Balaban J connectivity index is 1.89. The predicted octanol–water partition coefficient (Wildman–Crippen LogP) is 3.73. The number of halogens is 1. The fourth-order valence-electron chi connectivity index (χ4n) is 2.88. The number of rotatable bonds is 3. The molecular weight excluding hydrogens is 391 g/mol. The van der Waals surface area contributed by atoms with E-state index in [1.54, 1.807) is 24.3 Å². The van der Waals surface area contributed by atoms with E-state index in [9.17, 15) is 22.4 Å². The molecule has 27 heavy (non-hydrogen) atoms. The van der Waals surface area contributed by atoms with Crippen LogP contribution in [0, 0.1) is 5.82 Å². The van der Waals surface area contributed by atoms with Crippen molar-refractivity contribution >= 4 is 48.7 Å². The van der Waals surface area contributed by atoms with Crippen LogP contribution in [0.25, 0.3) is 10.9 Å². The van der Waals surface area contributed by atoms with Crippen molar-refractivity contribution in [1.29, 1.82) is 0 Å². The zero-order valence-electron chi connectivity index (χ0n) is 13.6. The van der Waals surface area contributed by atoms with Crippen LogP contribution in [0.3, 0.4) is 0 Å². The summed E-state index contributed by atoms with van der Waals surface area (Å²) in [7, 11) is -3.97. The lowest BCUT2D eigenvalue weighted by Crippen LogP contribution is -2.20. The number of nitrogens with zero attached hydrogens (tertiary/aromatic N) is 2. The van der Waals surface area contributed by atoms with Crippen LogP contribution in [0.4, 0.5) is 14.9 Å². The minimum atomic E-state index is -3.97. The van der Waals surface area contributed by atoms with Crippen LogP contribution in [0.15, 0.2) is 71.9 Å². The summed E-state index contributed by atoms with van der Waals surface area (Å²) in [6.45, 7) is 3.64. The van der Waals surface area contributed by atoms with E-state index in [1.165, 1.54) is 23.2 Å². The molecule has 0 radical (unpaired) electrons. The van der Waals surface area contributed by atoms with Crippen LogP contribution in [0.5, 0.6) is 0 Å². The normalized spacial score (nSPS) is 15.1. The van der Waals surface area contributed by atoms with Gasteiger partial charge in [-0.3, -0.25) is 14.5 Å². The Morgan fingerprint density at radius 1 is 1.00 bits per heavy atom. The maximum absolute atomic E-state index is 13.1. The lowest BCUT2D eigenvalue weighted by Gasteiger charge is -2.16. The van der Waals surface area contributed by atoms with Gasteiger partial charge in [-0.1, -0.05) is 12.6 Å². The van der Waals surface area contributed by atoms with Gasteiger partial charge in [-0.2, -0.15) is 0 Å². The molecule has 4 rings (SSSR count). The van der Waals surface area contributed by atoms with Crippen LogP contribution in [0.2, 0.25) is 0 Å². The van der Waals surface area contributed by atoms with Gasteiger partial charge in [-0.05, 0) is 42.5 Å². The van der Waals surface area contributed by atoms with Crippen molar-refractivity contribution in [3.63, 3.8) is 0 Å². The fraction of sp³-hybridized carbons (Fsp3) is 0. The maximum Gasteiger partial charge on any atom is 0.298 e. The van der Waals surface area contributed by atoms with Crippen LogP contribution in [-0.4, -0.2) is 22.7 Å². The Morgan fingerprint density at radius 2 is 1.70 bits per heavy atom. The largest absolute Gasteiger partial charge is 0.298 e. The smallest absolute Gasteiger partial charge is 0.279 e. The van der Waals surface area contributed by atoms with E-state index in [-0.39, 0.29) is 10.6 Å². The summed E-state index contributed by atoms with van der Waals surface area (Å²) in [5, 5.41) is -0.477. The molecule has 0 spiro atoms. The molecule has 6 nitrogen and oxygen atoms in total. The average molecular weight is 402 g/mol. The molecule has 1 amide bonds. The van der Waals surface area contributed by atoms with Gasteiger partial charge in [0.2, 0.25) is 5.12 Å². The highest BCUT2D eigenvalue weighted by Gasteiger charge is 2.35. The van der Waals surface area contributed by atoms with E-state index >= 15 is 0 Å². The molecule has 1 aliphatic rings.